The smallest absolute Gasteiger partial charge is 0.0609 e. The second kappa shape index (κ2) is 3.91. The summed E-state index contributed by atoms with van der Waals surface area (Å²) in [5.41, 5.74) is 0. The van der Waals surface area contributed by atoms with Gasteiger partial charge in [-0.05, 0) is 25.9 Å². The van der Waals surface area contributed by atoms with Crippen LogP contribution >= 0.6 is 0 Å². The Morgan fingerprint density at radius 2 is 1.60 bits per heavy atom. The molecule has 1 aliphatic heterocycles. The molecule has 0 bridgehead atoms. The topological polar surface area (TPSA) is 43.7 Å². The van der Waals surface area contributed by atoms with E-state index in [1.54, 1.807) is 0 Å². The van der Waals surface area contributed by atoms with E-state index < -0.39 is 0 Å². The van der Waals surface area contributed by atoms with Crippen LogP contribution in [0.2, 0.25) is 0 Å². The van der Waals surface area contributed by atoms with Gasteiger partial charge in [0.15, 0.2) is 0 Å². The summed E-state index contributed by atoms with van der Waals surface area (Å²) in [5, 5.41) is 17.6. The summed E-state index contributed by atoms with van der Waals surface area (Å²) in [4.78, 5) is 2.14. The number of hydrogen-bond donors (Lipinski definition) is 2. The maximum atomic E-state index is 8.78. The van der Waals surface area contributed by atoms with Gasteiger partial charge in [0.1, 0.15) is 0 Å². The van der Waals surface area contributed by atoms with Crippen LogP contribution in [0.1, 0.15) is 12.8 Å². The van der Waals surface area contributed by atoms with E-state index in [1.165, 1.54) is 12.8 Å². The van der Waals surface area contributed by atoms with Gasteiger partial charge in [0, 0.05) is 0 Å². The number of likely N-dealkylation sites (tertiary alicyclic amines) is 1. The summed E-state index contributed by atoms with van der Waals surface area (Å²) in [6, 6.07) is -0.0116. The molecule has 1 heterocycles. The number of hydrogen-bond acceptors (Lipinski definition) is 3. The molecular weight excluding hydrogens is 130 g/mol. The fourth-order valence-electron chi connectivity index (χ4n) is 1.40. The molecule has 0 spiro atoms. The number of nitrogens with zero attached hydrogens (tertiary/aromatic N) is 1. The molecule has 0 radical (unpaired) electrons. The molecule has 1 fully saturated rings. The monoisotopic (exact) mass is 145 g/mol. The fourth-order valence-corrected chi connectivity index (χ4v) is 1.40. The van der Waals surface area contributed by atoms with Crippen LogP contribution < -0.4 is 0 Å². The van der Waals surface area contributed by atoms with Crippen molar-refractivity contribution in [3.05, 3.63) is 0 Å². The van der Waals surface area contributed by atoms with Crippen molar-refractivity contribution in [2.45, 2.75) is 18.9 Å². The second-order valence-corrected chi connectivity index (χ2v) is 2.76. The van der Waals surface area contributed by atoms with Crippen LogP contribution in [0.25, 0.3) is 0 Å². The molecule has 0 aromatic heterocycles. The average Bonchev–Trinajstić information content (AvgIpc) is 2.43. The second-order valence-electron chi connectivity index (χ2n) is 2.76. The summed E-state index contributed by atoms with van der Waals surface area (Å²) < 4.78 is 0. The van der Waals surface area contributed by atoms with E-state index in [0.29, 0.717) is 0 Å². The first kappa shape index (κ1) is 7.98. The lowest BCUT2D eigenvalue weighted by Crippen LogP contribution is -2.38. The summed E-state index contributed by atoms with van der Waals surface area (Å²) in [6.45, 7) is 2.23. The van der Waals surface area contributed by atoms with Crippen molar-refractivity contribution < 1.29 is 10.2 Å². The van der Waals surface area contributed by atoms with Crippen LogP contribution in [-0.2, 0) is 0 Å². The SMILES string of the molecule is OCC(CO)N1CCCC1. The molecule has 0 aliphatic carbocycles. The Bertz CT molecular complexity index is 87.6. The van der Waals surface area contributed by atoms with Gasteiger partial charge in [-0.3, -0.25) is 4.90 Å². The van der Waals surface area contributed by atoms with Gasteiger partial charge in [0.25, 0.3) is 0 Å². The van der Waals surface area contributed by atoms with E-state index in [-0.39, 0.29) is 19.3 Å². The average molecular weight is 145 g/mol. The van der Waals surface area contributed by atoms with Gasteiger partial charge >= 0.3 is 0 Å². The van der Waals surface area contributed by atoms with Crippen LogP contribution in [-0.4, -0.2) is 47.5 Å². The molecule has 1 rings (SSSR count). The molecule has 0 amide bonds. The Hall–Kier alpha value is -0.120. The zero-order chi connectivity index (χ0) is 7.40. The Morgan fingerprint density at radius 1 is 1.10 bits per heavy atom. The molecule has 3 nitrogen and oxygen atoms in total. The van der Waals surface area contributed by atoms with E-state index >= 15 is 0 Å². The van der Waals surface area contributed by atoms with Crippen LogP contribution in [0.4, 0.5) is 0 Å². The van der Waals surface area contributed by atoms with Crippen LogP contribution in [0, 0.1) is 0 Å². The third kappa shape index (κ3) is 1.68. The molecule has 2 N–H and O–H groups in total. The van der Waals surface area contributed by atoms with E-state index in [0.717, 1.165) is 13.1 Å². The Kier molecular flexibility index (Phi) is 3.12. The lowest BCUT2D eigenvalue weighted by atomic mass is 10.3. The number of aliphatic hydroxyl groups excluding tert-OH is 2. The third-order valence-corrected chi connectivity index (χ3v) is 2.08. The molecule has 60 valence electrons. The van der Waals surface area contributed by atoms with Gasteiger partial charge in [0.05, 0.1) is 19.3 Å². The first-order valence-corrected chi connectivity index (χ1v) is 3.84. The number of aliphatic hydroxyl groups is 2. The van der Waals surface area contributed by atoms with Gasteiger partial charge in [-0.1, -0.05) is 0 Å². The highest BCUT2D eigenvalue weighted by molar-refractivity contribution is 4.74. The minimum absolute atomic E-state index is 0.0116. The largest absolute Gasteiger partial charge is 0.395 e. The van der Waals surface area contributed by atoms with E-state index in [9.17, 15) is 0 Å². The van der Waals surface area contributed by atoms with Crippen molar-refractivity contribution in [1.29, 1.82) is 0 Å². The fraction of sp³-hybridized carbons (Fsp3) is 1.00. The third-order valence-electron chi connectivity index (χ3n) is 2.08. The Balaban J connectivity index is 2.29. The predicted molar refractivity (Wildman–Crippen MR) is 38.8 cm³/mol. The van der Waals surface area contributed by atoms with Crippen molar-refractivity contribution in [3.63, 3.8) is 0 Å². The predicted octanol–water partition coefficient (Wildman–Crippen LogP) is -0.565. The minimum Gasteiger partial charge on any atom is -0.395 e. The van der Waals surface area contributed by atoms with Crippen molar-refractivity contribution in [3.8, 4) is 0 Å². The number of rotatable bonds is 3. The molecule has 0 aromatic carbocycles. The minimum atomic E-state index is -0.0116. The van der Waals surface area contributed by atoms with E-state index in [2.05, 4.69) is 4.90 Å². The van der Waals surface area contributed by atoms with Crippen LogP contribution in [0.3, 0.4) is 0 Å². The van der Waals surface area contributed by atoms with Gasteiger partial charge in [-0.25, -0.2) is 0 Å². The highest BCUT2D eigenvalue weighted by atomic mass is 16.3. The standard InChI is InChI=1S/C7H15NO2/c9-5-7(6-10)8-3-1-2-4-8/h7,9-10H,1-6H2. The van der Waals surface area contributed by atoms with Gasteiger partial charge in [-0.15, -0.1) is 0 Å². The van der Waals surface area contributed by atoms with Crippen LogP contribution in [0.15, 0.2) is 0 Å². The zero-order valence-electron chi connectivity index (χ0n) is 6.16. The lowest BCUT2D eigenvalue weighted by Gasteiger charge is -2.22. The first-order valence-electron chi connectivity index (χ1n) is 3.84. The zero-order valence-corrected chi connectivity index (χ0v) is 6.16. The van der Waals surface area contributed by atoms with Gasteiger partial charge in [0.2, 0.25) is 0 Å². The van der Waals surface area contributed by atoms with E-state index in [4.69, 9.17) is 10.2 Å². The maximum Gasteiger partial charge on any atom is 0.0609 e. The quantitative estimate of drug-likeness (QED) is 0.559. The van der Waals surface area contributed by atoms with Gasteiger partial charge in [-0.2, -0.15) is 0 Å². The molecular formula is C7H15NO2. The molecule has 0 unspecified atom stereocenters. The Labute approximate surface area is 61.3 Å². The molecule has 0 saturated carbocycles. The van der Waals surface area contributed by atoms with Crippen molar-refractivity contribution in [2.24, 2.45) is 0 Å². The first-order chi connectivity index (χ1) is 4.88. The summed E-state index contributed by atoms with van der Waals surface area (Å²) in [6.07, 6.45) is 2.41. The molecule has 1 aliphatic rings. The molecule has 0 atom stereocenters. The van der Waals surface area contributed by atoms with Crippen LogP contribution in [0.5, 0.6) is 0 Å². The normalized spacial score (nSPS) is 20.7. The summed E-state index contributed by atoms with van der Waals surface area (Å²) in [5.74, 6) is 0. The molecule has 10 heavy (non-hydrogen) atoms. The highest BCUT2D eigenvalue weighted by Gasteiger charge is 2.19. The van der Waals surface area contributed by atoms with E-state index in [1.807, 2.05) is 0 Å². The van der Waals surface area contributed by atoms with Crippen molar-refractivity contribution >= 4 is 0 Å². The lowest BCUT2D eigenvalue weighted by molar-refractivity contribution is 0.0906. The molecule has 1 saturated heterocycles. The Morgan fingerprint density at radius 3 is 2.00 bits per heavy atom. The maximum absolute atomic E-state index is 8.78. The highest BCUT2D eigenvalue weighted by Crippen LogP contribution is 2.10. The summed E-state index contributed by atoms with van der Waals surface area (Å²) in [7, 11) is 0. The van der Waals surface area contributed by atoms with Crippen molar-refractivity contribution in [1.82, 2.24) is 4.90 Å². The molecule has 3 heteroatoms. The summed E-state index contributed by atoms with van der Waals surface area (Å²) >= 11 is 0. The van der Waals surface area contributed by atoms with Crippen molar-refractivity contribution in [2.75, 3.05) is 26.3 Å². The molecule has 0 aromatic rings. The van der Waals surface area contributed by atoms with Gasteiger partial charge < -0.3 is 10.2 Å².